The molecule has 2 rings (SSSR count). The van der Waals surface area contributed by atoms with E-state index in [1.807, 2.05) is 32.9 Å². The summed E-state index contributed by atoms with van der Waals surface area (Å²) in [6, 6.07) is 17.7. The van der Waals surface area contributed by atoms with Crippen LogP contribution in [0.15, 0.2) is 60.7 Å². The van der Waals surface area contributed by atoms with Crippen molar-refractivity contribution in [2.75, 3.05) is 0 Å². The van der Waals surface area contributed by atoms with Gasteiger partial charge in [-0.25, -0.2) is 14.3 Å². The van der Waals surface area contributed by atoms with Crippen molar-refractivity contribution in [1.82, 2.24) is 0 Å². The fourth-order valence-electron chi connectivity index (χ4n) is 1.69. The minimum atomic E-state index is -3.69. The Kier molecular flexibility index (Phi) is 6.05. The first-order valence-electron chi connectivity index (χ1n) is 7.72. The third-order valence-corrected chi connectivity index (χ3v) is 4.74. The fourth-order valence-corrected chi connectivity index (χ4v) is 3.00. The first-order valence-corrected chi connectivity index (χ1v) is 9.33. The Morgan fingerprint density at radius 1 is 0.833 bits per heavy atom. The van der Waals surface area contributed by atoms with E-state index in [-0.39, 0.29) is 0 Å². The van der Waals surface area contributed by atoms with Crippen LogP contribution in [0.3, 0.4) is 0 Å². The molecule has 0 saturated heterocycles. The standard InChI is InChI=1S/C18H23O5P/c1-15(20-23-18(2,3)4)24(19,21-16-11-7-5-8-12-16)22-17-13-9-6-10-14-17/h5-15H,1-4H3. The van der Waals surface area contributed by atoms with E-state index in [1.165, 1.54) is 0 Å². The van der Waals surface area contributed by atoms with Gasteiger partial charge in [0, 0.05) is 0 Å². The van der Waals surface area contributed by atoms with Crippen LogP contribution >= 0.6 is 7.60 Å². The van der Waals surface area contributed by atoms with Crippen molar-refractivity contribution in [3.8, 4) is 11.5 Å². The maximum atomic E-state index is 13.3. The SMILES string of the molecule is CC(OOC(C)(C)C)P(=O)(Oc1ccccc1)Oc1ccccc1. The van der Waals surface area contributed by atoms with E-state index in [9.17, 15) is 4.57 Å². The van der Waals surface area contributed by atoms with E-state index in [2.05, 4.69) is 0 Å². The molecule has 0 bridgehead atoms. The van der Waals surface area contributed by atoms with Gasteiger partial charge in [0.25, 0.3) is 0 Å². The van der Waals surface area contributed by atoms with E-state index in [4.69, 9.17) is 18.8 Å². The Labute approximate surface area is 143 Å². The van der Waals surface area contributed by atoms with Crippen LogP contribution in [0.25, 0.3) is 0 Å². The third kappa shape index (κ3) is 5.68. The molecular weight excluding hydrogens is 327 g/mol. The van der Waals surface area contributed by atoms with Gasteiger partial charge in [-0.1, -0.05) is 36.4 Å². The van der Waals surface area contributed by atoms with Gasteiger partial charge in [0.2, 0.25) is 5.85 Å². The largest absolute Gasteiger partial charge is 0.462 e. The summed E-state index contributed by atoms with van der Waals surface area (Å²) in [5.41, 5.74) is -0.543. The van der Waals surface area contributed by atoms with Gasteiger partial charge < -0.3 is 9.05 Å². The van der Waals surface area contributed by atoms with Gasteiger partial charge in [-0.2, -0.15) is 0 Å². The molecule has 0 aliphatic carbocycles. The Bertz CT molecular complexity index is 621. The highest BCUT2D eigenvalue weighted by molar-refractivity contribution is 7.55. The summed E-state index contributed by atoms with van der Waals surface area (Å²) >= 11 is 0. The number of para-hydroxylation sites is 2. The first-order chi connectivity index (χ1) is 11.3. The molecule has 0 aliphatic rings. The van der Waals surface area contributed by atoms with Crippen LogP contribution in [-0.4, -0.2) is 11.4 Å². The van der Waals surface area contributed by atoms with Gasteiger partial charge in [0.15, 0.2) is 0 Å². The normalized spacial score (nSPS) is 13.3. The van der Waals surface area contributed by atoms with Gasteiger partial charge in [0.1, 0.15) is 11.5 Å². The second-order valence-electron chi connectivity index (χ2n) is 6.24. The van der Waals surface area contributed by atoms with Crippen LogP contribution in [0.2, 0.25) is 0 Å². The summed E-state index contributed by atoms with van der Waals surface area (Å²) in [4.78, 5) is 10.6. The molecule has 24 heavy (non-hydrogen) atoms. The van der Waals surface area contributed by atoms with Crippen molar-refractivity contribution in [2.24, 2.45) is 0 Å². The lowest BCUT2D eigenvalue weighted by Gasteiger charge is -2.27. The molecule has 1 unspecified atom stereocenters. The molecule has 0 N–H and O–H groups in total. The molecule has 0 aliphatic heterocycles. The summed E-state index contributed by atoms with van der Waals surface area (Å²) in [7, 11) is -3.69. The van der Waals surface area contributed by atoms with Crippen molar-refractivity contribution in [3.05, 3.63) is 60.7 Å². The summed E-state index contributed by atoms with van der Waals surface area (Å²) in [6.07, 6.45) is 0. The predicted molar refractivity (Wildman–Crippen MR) is 93.1 cm³/mol. The van der Waals surface area contributed by atoms with Gasteiger partial charge in [0.05, 0.1) is 5.60 Å². The highest BCUT2D eigenvalue weighted by Crippen LogP contribution is 2.53. The van der Waals surface area contributed by atoms with Crippen molar-refractivity contribution in [3.63, 3.8) is 0 Å². The van der Waals surface area contributed by atoms with Crippen molar-refractivity contribution in [2.45, 2.75) is 39.1 Å². The van der Waals surface area contributed by atoms with E-state index in [1.54, 1.807) is 55.5 Å². The smallest absolute Gasteiger partial charge is 0.414 e. The zero-order valence-corrected chi connectivity index (χ0v) is 15.2. The summed E-state index contributed by atoms with van der Waals surface area (Å²) in [5, 5.41) is 0. The molecule has 1 atom stereocenters. The maximum absolute atomic E-state index is 13.3. The highest BCUT2D eigenvalue weighted by Gasteiger charge is 2.39. The van der Waals surface area contributed by atoms with E-state index in [0.717, 1.165) is 0 Å². The lowest BCUT2D eigenvalue weighted by molar-refractivity contribution is -0.357. The molecule has 0 heterocycles. The van der Waals surface area contributed by atoms with E-state index >= 15 is 0 Å². The number of rotatable bonds is 7. The van der Waals surface area contributed by atoms with Gasteiger partial charge in [-0.3, -0.25) is 0 Å². The molecule has 2 aromatic rings. The van der Waals surface area contributed by atoms with Crippen molar-refractivity contribution >= 4 is 7.60 Å². The molecule has 0 fully saturated rings. The molecular formula is C18H23O5P. The van der Waals surface area contributed by atoms with Crippen LogP contribution in [0.1, 0.15) is 27.7 Å². The quantitative estimate of drug-likeness (QED) is 0.379. The average molecular weight is 350 g/mol. The van der Waals surface area contributed by atoms with Crippen LogP contribution < -0.4 is 9.05 Å². The van der Waals surface area contributed by atoms with Gasteiger partial charge >= 0.3 is 7.60 Å². The molecule has 130 valence electrons. The van der Waals surface area contributed by atoms with Crippen molar-refractivity contribution < 1.29 is 23.4 Å². The Balaban J connectivity index is 2.21. The van der Waals surface area contributed by atoms with Crippen LogP contribution in [-0.2, 0) is 14.3 Å². The Hall–Kier alpha value is -1.81. The molecule has 0 spiro atoms. The number of benzene rings is 2. The topological polar surface area (TPSA) is 54.0 Å². The summed E-state index contributed by atoms with van der Waals surface area (Å²) in [6.45, 7) is 7.10. The fraction of sp³-hybridized carbons (Fsp3) is 0.333. The lowest BCUT2D eigenvalue weighted by Crippen LogP contribution is -2.25. The minimum Gasteiger partial charge on any atom is -0.414 e. The first kappa shape index (κ1) is 18.5. The van der Waals surface area contributed by atoms with Gasteiger partial charge in [-0.05, 0) is 52.0 Å². The van der Waals surface area contributed by atoms with E-state index < -0.39 is 19.0 Å². The highest BCUT2D eigenvalue weighted by atomic mass is 31.2. The Morgan fingerprint density at radius 2 is 1.25 bits per heavy atom. The molecule has 5 nitrogen and oxygen atoms in total. The summed E-state index contributed by atoms with van der Waals surface area (Å²) in [5.74, 6) is -0.0527. The minimum absolute atomic E-state index is 0.433. The summed E-state index contributed by atoms with van der Waals surface area (Å²) < 4.78 is 24.6. The lowest BCUT2D eigenvalue weighted by atomic mass is 10.2. The zero-order chi connectivity index (χ0) is 17.6. The van der Waals surface area contributed by atoms with Gasteiger partial charge in [-0.15, -0.1) is 0 Å². The molecule has 6 heteroatoms. The zero-order valence-electron chi connectivity index (χ0n) is 14.3. The second-order valence-corrected chi connectivity index (χ2v) is 8.41. The maximum Gasteiger partial charge on any atom is 0.462 e. The Morgan fingerprint density at radius 3 is 1.62 bits per heavy atom. The molecule has 0 radical (unpaired) electrons. The third-order valence-electron chi connectivity index (χ3n) is 2.83. The predicted octanol–water partition coefficient (Wildman–Crippen LogP) is 5.43. The molecule has 2 aromatic carbocycles. The van der Waals surface area contributed by atoms with E-state index in [0.29, 0.717) is 11.5 Å². The molecule has 0 amide bonds. The number of hydrogen-bond donors (Lipinski definition) is 0. The second kappa shape index (κ2) is 7.84. The van der Waals surface area contributed by atoms with Crippen LogP contribution in [0, 0.1) is 0 Å². The molecule has 0 aromatic heterocycles. The molecule has 0 saturated carbocycles. The average Bonchev–Trinajstić information content (AvgIpc) is 2.53. The monoisotopic (exact) mass is 350 g/mol. The van der Waals surface area contributed by atoms with Crippen LogP contribution in [0.5, 0.6) is 11.5 Å². The van der Waals surface area contributed by atoms with Crippen LogP contribution in [0.4, 0.5) is 0 Å². The van der Waals surface area contributed by atoms with Crippen molar-refractivity contribution in [1.29, 1.82) is 0 Å². The number of hydrogen-bond acceptors (Lipinski definition) is 5.